The number of hydrogen-bond acceptors (Lipinski definition) is 16. The first kappa shape index (κ1) is 48.1. The Hall–Kier alpha value is -1.39. The number of ether oxygens (including phenoxy) is 6. The van der Waals surface area contributed by atoms with Crippen molar-refractivity contribution in [1.82, 2.24) is 0 Å². The number of rotatable bonds is 9. The van der Waals surface area contributed by atoms with E-state index in [0.29, 0.717) is 19.3 Å². The van der Waals surface area contributed by atoms with Gasteiger partial charge in [0.15, 0.2) is 18.9 Å². The average Bonchev–Trinajstić information content (AvgIpc) is 3.23. The highest BCUT2D eigenvalue weighted by Crippen LogP contribution is 2.76. The fraction of sp³-hybridized carbons (Fsp3) is 0.935. The molecule has 3 heterocycles. The summed E-state index contributed by atoms with van der Waals surface area (Å²) < 4.78 is 36.0. The van der Waals surface area contributed by atoms with Crippen LogP contribution in [0.4, 0.5) is 0 Å². The van der Waals surface area contributed by atoms with E-state index in [4.69, 9.17) is 28.4 Å². The van der Waals surface area contributed by atoms with Crippen LogP contribution < -0.4 is 0 Å². The summed E-state index contributed by atoms with van der Waals surface area (Å²) in [5.41, 5.74) is -0.647. The topological polar surface area (TPSA) is 275 Å². The number of fused-ring (bicyclic) bond motifs is 7. The van der Waals surface area contributed by atoms with Crippen molar-refractivity contribution in [2.45, 2.75) is 192 Å². The Morgan fingerprint density at radius 1 is 0.714 bits per heavy atom. The fourth-order valence-corrected chi connectivity index (χ4v) is 14.6. The lowest BCUT2D eigenvalue weighted by Gasteiger charge is -2.71. The van der Waals surface area contributed by atoms with Gasteiger partial charge < -0.3 is 79.5 Å². The number of carboxylic acids is 1. The van der Waals surface area contributed by atoms with Crippen molar-refractivity contribution in [2.75, 3.05) is 26.4 Å². The molecule has 3 aliphatic heterocycles. The number of aliphatic hydroxyl groups excluding tert-OH is 9. The van der Waals surface area contributed by atoms with Crippen molar-refractivity contribution in [1.29, 1.82) is 0 Å². The van der Waals surface area contributed by atoms with Gasteiger partial charge in [-0.3, -0.25) is 4.79 Å². The van der Waals surface area contributed by atoms with Crippen molar-refractivity contribution in [3.63, 3.8) is 0 Å². The molecule has 0 aromatic heterocycles. The molecule has 0 amide bonds. The molecule has 10 N–H and O–H groups in total. The van der Waals surface area contributed by atoms with E-state index in [1.54, 1.807) is 0 Å². The largest absolute Gasteiger partial charge is 0.481 e. The van der Waals surface area contributed by atoms with Crippen LogP contribution in [-0.4, -0.2) is 169 Å². The molecule has 8 aliphatic rings. The maximum Gasteiger partial charge on any atom is 0.310 e. The smallest absolute Gasteiger partial charge is 0.310 e. The Morgan fingerprint density at radius 2 is 1.38 bits per heavy atom. The lowest BCUT2D eigenvalue weighted by molar-refractivity contribution is -0.376. The first-order chi connectivity index (χ1) is 29.5. The lowest BCUT2D eigenvalue weighted by Crippen LogP contribution is -2.67. The van der Waals surface area contributed by atoms with Crippen LogP contribution in [0.25, 0.3) is 0 Å². The minimum Gasteiger partial charge on any atom is -0.481 e. The third-order valence-corrected chi connectivity index (χ3v) is 18.8. The number of aliphatic hydroxyl groups is 9. The van der Waals surface area contributed by atoms with E-state index >= 15 is 0 Å². The van der Waals surface area contributed by atoms with Crippen molar-refractivity contribution in [3.05, 3.63) is 11.6 Å². The van der Waals surface area contributed by atoms with Crippen molar-refractivity contribution in [3.8, 4) is 0 Å². The van der Waals surface area contributed by atoms with E-state index < -0.39 is 109 Å². The molecule has 5 aliphatic carbocycles. The van der Waals surface area contributed by atoms with Crippen molar-refractivity contribution >= 4 is 5.97 Å². The van der Waals surface area contributed by atoms with Gasteiger partial charge in [0, 0.05) is 5.41 Å². The molecule has 4 saturated carbocycles. The van der Waals surface area contributed by atoms with Crippen molar-refractivity contribution in [2.24, 2.45) is 50.2 Å². The molecule has 8 rings (SSSR count). The van der Waals surface area contributed by atoms with Crippen LogP contribution >= 0.6 is 0 Å². The predicted octanol–water partition coefficient (Wildman–Crippen LogP) is 0.957. The summed E-state index contributed by atoms with van der Waals surface area (Å²) in [7, 11) is 0. The number of carbonyl (C=O) groups is 1. The van der Waals surface area contributed by atoms with Crippen LogP contribution in [0.1, 0.15) is 106 Å². The summed E-state index contributed by atoms with van der Waals surface area (Å²) in [6, 6.07) is 0. The maximum absolute atomic E-state index is 13.1. The predicted molar refractivity (Wildman–Crippen MR) is 220 cm³/mol. The summed E-state index contributed by atoms with van der Waals surface area (Å²) in [6.07, 6.45) is -10.7. The monoisotopic (exact) mass is 898 g/mol. The molecule has 0 bridgehead atoms. The Kier molecular flexibility index (Phi) is 13.0. The van der Waals surface area contributed by atoms with Gasteiger partial charge in [-0.15, -0.1) is 0 Å². The van der Waals surface area contributed by atoms with Crippen LogP contribution in [0, 0.1) is 50.2 Å². The number of aliphatic carboxylic acids is 1. The standard InChI is InChI=1S/C46H74O17/c1-41(2)13-15-46(40(56)57)16-14-44(5)22(23(46)17-41)7-8-28-42(3)11-10-29(43(4,21-48)27(42)9-12-45(28,44)6)62-38-35(55)36(63-39-34(54)32(52)31(51)25(18-47)60-39)26(20-59-38)61-37-33(53)30(50)24(49)19-58-37/h7,23-39,47-55H,8-21H2,1-6H3,(H,56,57)/t23-,24+,25-,26+,27-,28-,29+,30+,31-,32+,33-,34+,35-,36+,37+,38+,39-,42+,43+,44-,45-,46+/m1/s1. The van der Waals surface area contributed by atoms with E-state index in [-0.39, 0.29) is 59.2 Å². The van der Waals surface area contributed by atoms with Crippen LogP contribution in [0.3, 0.4) is 0 Å². The number of hydrogen-bond donors (Lipinski definition) is 10. The first-order valence-corrected chi connectivity index (χ1v) is 23.3. The van der Waals surface area contributed by atoms with Gasteiger partial charge in [0.05, 0.1) is 37.9 Å². The quantitative estimate of drug-likeness (QED) is 0.114. The second-order valence-electron chi connectivity index (χ2n) is 22.4. The third kappa shape index (κ3) is 7.50. The van der Waals surface area contributed by atoms with Gasteiger partial charge in [0.2, 0.25) is 0 Å². The summed E-state index contributed by atoms with van der Waals surface area (Å²) in [5.74, 6) is -0.412. The van der Waals surface area contributed by atoms with Crippen LogP contribution in [-0.2, 0) is 33.2 Å². The van der Waals surface area contributed by atoms with E-state index in [1.807, 2.05) is 6.92 Å². The molecule has 63 heavy (non-hydrogen) atoms. The van der Waals surface area contributed by atoms with E-state index in [9.17, 15) is 55.9 Å². The number of carboxylic acid groups (broad SMARTS) is 1. The molecule has 22 atom stereocenters. The fourth-order valence-electron chi connectivity index (χ4n) is 14.6. The van der Waals surface area contributed by atoms with Crippen LogP contribution in [0.2, 0.25) is 0 Å². The molecule has 0 aromatic rings. The maximum atomic E-state index is 13.1. The Morgan fingerprint density at radius 3 is 2.06 bits per heavy atom. The average molecular weight is 899 g/mol. The zero-order chi connectivity index (χ0) is 45.8. The highest BCUT2D eigenvalue weighted by molar-refractivity contribution is 5.76. The van der Waals surface area contributed by atoms with E-state index in [0.717, 1.165) is 44.9 Å². The highest BCUT2D eigenvalue weighted by atomic mass is 16.8. The Bertz CT molecular complexity index is 1710. The Labute approximate surface area is 369 Å². The minimum atomic E-state index is -1.83. The van der Waals surface area contributed by atoms with E-state index in [1.165, 1.54) is 5.57 Å². The third-order valence-electron chi connectivity index (χ3n) is 18.8. The summed E-state index contributed by atoms with van der Waals surface area (Å²) in [5, 5.41) is 107. The first-order valence-electron chi connectivity index (χ1n) is 23.3. The Balaban J connectivity index is 1.04. The van der Waals surface area contributed by atoms with Gasteiger partial charge >= 0.3 is 5.97 Å². The number of allylic oxidation sites excluding steroid dienone is 2. The summed E-state index contributed by atoms with van der Waals surface area (Å²) >= 11 is 0. The second-order valence-corrected chi connectivity index (χ2v) is 22.4. The normalized spacial score (nSPS) is 54.5. The molecule has 360 valence electrons. The highest BCUT2D eigenvalue weighted by Gasteiger charge is 2.70. The van der Waals surface area contributed by atoms with Crippen molar-refractivity contribution < 1.29 is 84.3 Å². The zero-order valence-electron chi connectivity index (χ0n) is 37.6. The molecule has 0 spiro atoms. The molecule has 3 saturated heterocycles. The van der Waals surface area contributed by atoms with Gasteiger partial charge in [-0.2, -0.15) is 0 Å². The molecule has 0 aromatic carbocycles. The van der Waals surface area contributed by atoms with Crippen LogP contribution in [0.5, 0.6) is 0 Å². The molecular weight excluding hydrogens is 824 g/mol. The van der Waals surface area contributed by atoms with Gasteiger partial charge in [0.25, 0.3) is 0 Å². The lowest BCUT2D eigenvalue weighted by atomic mass is 9.33. The van der Waals surface area contributed by atoms with Gasteiger partial charge in [-0.1, -0.05) is 53.2 Å². The second kappa shape index (κ2) is 17.0. The van der Waals surface area contributed by atoms with E-state index in [2.05, 4.69) is 40.7 Å². The summed E-state index contributed by atoms with van der Waals surface area (Å²) in [4.78, 5) is 13.1. The SMILES string of the molecule is CC1(C)CC[C@]2(C(=O)O)CC[C@]3(C)C(=CC[C@@H]4[C@@]5(C)CC[C@H](O[C@@H]6OC[C@H](O[C@@H]7OC[C@H](O)[C@H](O)[C@H]7O)[C@H](O[C@H]7O[C@H](CO)[C@@H](O)[C@H](O)[C@@H]7O)[C@H]6O)[C@@](C)(CO)[C@@H]5CC[C@]43C)[C@H]2C1. The molecule has 17 heteroatoms. The van der Waals surface area contributed by atoms with Gasteiger partial charge in [-0.25, -0.2) is 0 Å². The van der Waals surface area contributed by atoms with Gasteiger partial charge in [0.1, 0.15) is 61.0 Å². The molecule has 7 fully saturated rings. The summed E-state index contributed by atoms with van der Waals surface area (Å²) in [6.45, 7) is 12.1. The molecular formula is C46H74O17. The molecule has 17 nitrogen and oxygen atoms in total. The zero-order valence-corrected chi connectivity index (χ0v) is 37.6. The molecule has 0 unspecified atom stereocenters. The molecule has 0 radical (unpaired) electrons. The van der Waals surface area contributed by atoms with Crippen LogP contribution in [0.15, 0.2) is 11.6 Å². The van der Waals surface area contributed by atoms with Gasteiger partial charge in [-0.05, 0) is 104 Å². The minimum absolute atomic E-state index is 0.00499.